The lowest BCUT2D eigenvalue weighted by Crippen LogP contribution is -2.22. The van der Waals surface area contributed by atoms with Crippen molar-refractivity contribution in [2.24, 2.45) is 0 Å². The van der Waals surface area contributed by atoms with Crippen molar-refractivity contribution in [3.8, 4) is 0 Å². The van der Waals surface area contributed by atoms with Crippen LogP contribution < -0.4 is 5.32 Å². The maximum atomic E-state index is 4.75. The summed E-state index contributed by atoms with van der Waals surface area (Å²) >= 11 is 1.91. The van der Waals surface area contributed by atoms with Crippen LogP contribution in [-0.2, 0) is 12.8 Å². The van der Waals surface area contributed by atoms with Crippen molar-refractivity contribution in [1.82, 2.24) is 4.98 Å². The first-order chi connectivity index (χ1) is 7.92. The molecule has 0 spiro atoms. The summed E-state index contributed by atoms with van der Waals surface area (Å²) in [6.45, 7) is 0. The third kappa shape index (κ3) is 2.24. The van der Waals surface area contributed by atoms with E-state index < -0.39 is 0 Å². The first-order valence-electron chi connectivity index (χ1n) is 6.67. The number of nitrogens with one attached hydrogen (secondary N) is 1. The van der Waals surface area contributed by atoms with Crippen LogP contribution in [0.1, 0.15) is 55.5 Å². The zero-order valence-electron chi connectivity index (χ0n) is 9.80. The number of fused-ring (bicyclic) bond motifs is 1. The van der Waals surface area contributed by atoms with Gasteiger partial charge in [-0.25, -0.2) is 4.98 Å². The van der Waals surface area contributed by atoms with E-state index in [0.29, 0.717) is 6.04 Å². The number of rotatable bonds is 2. The maximum absolute atomic E-state index is 4.75. The van der Waals surface area contributed by atoms with E-state index in [2.05, 4.69) is 5.32 Å². The molecule has 0 aromatic carbocycles. The highest BCUT2D eigenvalue weighted by Crippen LogP contribution is 2.31. The molecular formula is C13H20N2S. The fourth-order valence-corrected chi connectivity index (χ4v) is 3.96. The first-order valence-corrected chi connectivity index (χ1v) is 7.48. The normalized spacial score (nSPS) is 21.8. The summed E-state index contributed by atoms with van der Waals surface area (Å²) in [4.78, 5) is 6.30. The van der Waals surface area contributed by atoms with E-state index in [-0.39, 0.29) is 0 Å². The van der Waals surface area contributed by atoms with Crippen molar-refractivity contribution < 1.29 is 0 Å². The number of hydrogen-bond acceptors (Lipinski definition) is 3. The van der Waals surface area contributed by atoms with Crippen LogP contribution in [0.2, 0.25) is 0 Å². The van der Waals surface area contributed by atoms with E-state index in [1.54, 1.807) is 4.88 Å². The number of anilines is 1. The lowest BCUT2D eigenvalue weighted by atomic mass is 9.96. The van der Waals surface area contributed by atoms with Crippen LogP contribution in [0, 0.1) is 0 Å². The molecule has 1 aromatic heterocycles. The van der Waals surface area contributed by atoms with Crippen LogP contribution in [0.5, 0.6) is 0 Å². The molecule has 0 aliphatic heterocycles. The summed E-state index contributed by atoms with van der Waals surface area (Å²) in [5.74, 6) is 0. The molecule has 0 amide bonds. The highest BCUT2D eigenvalue weighted by atomic mass is 32.1. The second kappa shape index (κ2) is 4.74. The van der Waals surface area contributed by atoms with Crippen molar-refractivity contribution in [2.45, 2.75) is 63.8 Å². The molecule has 0 saturated heterocycles. The van der Waals surface area contributed by atoms with Crippen LogP contribution in [-0.4, -0.2) is 11.0 Å². The molecule has 3 rings (SSSR count). The Kier molecular flexibility index (Phi) is 3.13. The molecule has 0 atom stereocenters. The summed E-state index contributed by atoms with van der Waals surface area (Å²) in [5.41, 5.74) is 1.38. The molecule has 2 aliphatic rings. The Hall–Kier alpha value is -0.570. The molecule has 2 nitrogen and oxygen atoms in total. The van der Waals surface area contributed by atoms with Crippen LogP contribution in [0.25, 0.3) is 0 Å². The van der Waals surface area contributed by atoms with Crippen molar-refractivity contribution in [2.75, 3.05) is 5.32 Å². The molecule has 1 aromatic rings. The highest BCUT2D eigenvalue weighted by molar-refractivity contribution is 7.15. The van der Waals surface area contributed by atoms with Gasteiger partial charge in [0.05, 0.1) is 5.69 Å². The zero-order valence-corrected chi connectivity index (χ0v) is 10.6. The van der Waals surface area contributed by atoms with E-state index in [1.807, 2.05) is 11.3 Å². The van der Waals surface area contributed by atoms with Crippen molar-refractivity contribution in [3.63, 3.8) is 0 Å². The van der Waals surface area contributed by atoms with E-state index >= 15 is 0 Å². The second-order valence-electron chi connectivity index (χ2n) is 5.08. The topological polar surface area (TPSA) is 24.9 Å². The Balaban J connectivity index is 1.67. The quantitative estimate of drug-likeness (QED) is 0.845. The van der Waals surface area contributed by atoms with Gasteiger partial charge in [0.1, 0.15) is 0 Å². The third-order valence-electron chi connectivity index (χ3n) is 3.78. The van der Waals surface area contributed by atoms with E-state index in [4.69, 9.17) is 4.98 Å². The van der Waals surface area contributed by atoms with E-state index in [1.165, 1.54) is 68.6 Å². The Morgan fingerprint density at radius 1 is 1.00 bits per heavy atom. The van der Waals surface area contributed by atoms with Gasteiger partial charge in [0.25, 0.3) is 0 Å². The Morgan fingerprint density at radius 2 is 1.81 bits per heavy atom. The van der Waals surface area contributed by atoms with Gasteiger partial charge in [-0.05, 0) is 38.5 Å². The Labute approximate surface area is 101 Å². The Bertz CT molecular complexity index is 329. The minimum absolute atomic E-state index is 0.696. The SMILES string of the molecule is C1CCC(Nc2nc3c(s2)CCCC3)CC1. The fourth-order valence-electron chi connectivity index (χ4n) is 2.84. The minimum atomic E-state index is 0.696. The molecule has 0 bridgehead atoms. The van der Waals surface area contributed by atoms with Crippen molar-refractivity contribution in [3.05, 3.63) is 10.6 Å². The number of aryl methyl sites for hydroxylation is 2. The summed E-state index contributed by atoms with van der Waals surface area (Å²) in [5, 5.41) is 4.84. The van der Waals surface area contributed by atoms with E-state index in [9.17, 15) is 0 Å². The van der Waals surface area contributed by atoms with Crippen LogP contribution >= 0.6 is 11.3 Å². The molecule has 88 valence electrons. The van der Waals surface area contributed by atoms with E-state index in [0.717, 1.165) is 0 Å². The largest absolute Gasteiger partial charge is 0.359 e. The monoisotopic (exact) mass is 236 g/mol. The smallest absolute Gasteiger partial charge is 0.183 e. The zero-order chi connectivity index (χ0) is 10.8. The fraction of sp³-hybridized carbons (Fsp3) is 0.769. The molecule has 2 aliphatic carbocycles. The van der Waals surface area contributed by atoms with Gasteiger partial charge >= 0.3 is 0 Å². The summed E-state index contributed by atoms with van der Waals surface area (Å²) < 4.78 is 0. The number of nitrogens with zero attached hydrogens (tertiary/aromatic N) is 1. The predicted octanol–water partition coefficient (Wildman–Crippen LogP) is 3.77. The minimum Gasteiger partial charge on any atom is -0.359 e. The molecule has 0 radical (unpaired) electrons. The molecule has 3 heteroatoms. The number of thiazole rings is 1. The summed E-state index contributed by atoms with van der Waals surface area (Å²) in [6.07, 6.45) is 12.0. The van der Waals surface area contributed by atoms with Crippen LogP contribution in [0.15, 0.2) is 0 Å². The van der Waals surface area contributed by atoms with Crippen LogP contribution in [0.3, 0.4) is 0 Å². The highest BCUT2D eigenvalue weighted by Gasteiger charge is 2.18. The number of aromatic nitrogens is 1. The summed E-state index contributed by atoms with van der Waals surface area (Å²) in [7, 11) is 0. The molecule has 1 fully saturated rings. The molecule has 1 saturated carbocycles. The maximum Gasteiger partial charge on any atom is 0.183 e. The van der Waals surface area contributed by atoms with Crippen molar-refractivity contribution >= 4 is 16.5 Å². The second-order valence-corrected chi connectivity index (χ2v) is 6.16. The van der Waals surface area contributed by atoms with Gasteiger partial charge < -0.3 is 5.32 Å². The standard InChI is InChI=1S/C13H20N2S/c1-2-6-10(7-3-1)14-13-15-11-8-4-5-9-12(11)16-13/h10H,1-9H2,(H,14,15). The van der Waals surface area contributed by atoms with Gasteiger partial charge in [0, 0.05) is 10.9 Å². The lowest BCUT2D eigenvalue weighted by Gasteiger charge is -2.22. The summed E-state index contributed by atoms with van der Waals surface area (Å²) in [6, 6.07) is 0.696. The lowest BCUT2D eigenvalue weighted by molar-refractivity contribution is 0.462. The third-order valence-corrected chi connectivity index (χ3v) is 4.87. The molecule has 16 heavy (non-hydrogen) atoms. The van der Waals surface area contributed by atoms with Gasteiger partial charge in [-0.1, -0.05) is 19.3 Å². The molecule has 1 N–H and O–H groups in total. The van der Waals surface area contributed by atoms with Gasteiger partial charge in [-0.15, -0.1) is 11.3 Å². The average molecular weight is 236 g/mol. The molecule has 1 heterocycles. The number of hydrogen-bond donors (Lipinski definition) is 1. The van der Waals surface area contributed by atoms with Crippen LogP contribution in [0.4, 0.5) is 5.13 Å². The van der Waals surface area contributed by atoms with Crippen molar-refractivity contribution in [1.29, 1.82) is 0 Å². The van der Waals surface area contributed by atoms with Gasteiger partial charge in [0.2, 0.25) is 0 Å². The first kappa shape index (κ1) is 10.6. The van der Waals surface area contributed by atoms with Gasteiger partial charge in [-0.3, -0.25) is 0 Å². The van der Waals surface area contributed by atoms with Gasteiger partial charge in [0.15, 0.2) is 5.13 Å². The average Bonchev–Trinajstić information content (AvgIpc) is 2.72. The Morgan fingerprint density at radius 3 is 2.62 bits per heavy atom. The predicted molar refractivity (Wildman–Crippen MR) is 69.3 cm³/mol. The molecule has 0 unspecified atom stereocenters. The molecular weight excluding hydrogens is 216 g/mol. The van der Waals surface area contributed by atoms with Gasteiger partial charge in [-0.2, -0.15) is 0 Å².